The molecule has 0 aromatic heterocycles. The van der Waals surface area contributed by atoms with E-state index in [1.165, 1.54) is 0 Å². The molecule has 0 aliphatic carbocycles. The lowest BCUT2D eigenvalue weighted by Gasteiger charge is -2.13. The van der Waals surface area contributed by atoms with Gasteiger partial charge in [0.15, 0.2) is 0 Å². The van der Waals surface area contributed by atoms with Crippen molar-refractivity contribution in [1.82, 2.24) is 0 Å². The molecule has 1 aromatic rings. The zero-order valence-electron chi connectivity index (χ0n) is 12.0. The van der Waals surface area contributed by atoms with E-state index in [2.05, 4.69) is 6.92 Å². The fourth-order valence-corrected chi connectivity index (χ4v) is 1.68. The molecule has 19 heavy (non-hydrogen) atoms. The lowest BCUT2D eigenvalue weighted by Crippen LogP contribution is -2.05. The molecule has 2 N–H and O–H groups in total. The summed E-state index contributed by atoms with van der Waals surface area (Å²) in [7, 11) is 1.71. The molecule has 0 spiro atoms. The number of hydrogen-bond donors (Lipinski definition) is 1. The molecule has 0 bridgehead atoms. The molecule has 0 radical (unpaired) electrons. The summed E-state index contributed by atoms with van der Waals surface area (Å²) < 4.78 is 16.4. The Morgan fingerprint density at radius 2 is 1.84 bits per heavy atom. The van der Waals surface area contributed by atoms with Crippen LogP contribution in [-0.4, -0.2) is 26.9 Å². The van der Waals surface area contributed by atoms with E-state index in [1.807, 2.05) is 18.2 Å². The number of rotatable bonds is 10. The largest absolute Gasteiger partial charge is 0.493 e. The normalized spacial score (nSPS) is 10.5. The highest BCUT2D eigenvalue weighted by atomic mass is 16.5. The van der Waals surface area contributed by atoms with E-state index in [1.54, 1.807) is 7.11 Å². The van der Waals surface area contributed by atoms with Crippen molar-refractivity contribution < 1.29 is 14.2 Å². The van der Waals surface area contributed by atoms with Crippen molar-refractivity contribution in [2.24, 2.45) is 5.73 Å². The van der Waals surface area contributed by atoms with Gasteiger partial charge in [0.2, 0.25) is 0 Å². The van der Waals surface area contributed by atoms with Crippen LogP contribution in [0.1, 0.15) is 31.7 Å². The Morgan fingerprint density at radius 3 is 2.53 bits per heavy atom. The number of benzene rings is 1. The average molecular weight is 267 g/mol. The van der Waals surface area contributed by atoms with Crippen molar-refractivity contribution in [3.05, 3.63) is 23.8 Å². The molecular weight excluding hydrogens is 242 g/mol. The third-order valence-corrected chi connectivity index (χ3v) is 2.73. The van der Waals surface area contributed by atoms with Gasteiger partial charge in [-0.1, -0.05) is 13.0 Å². The Kier molecular flexibility index (Phi) is 8.02. The molecule has 0 atom stereocenters. The molecule has 4 nitrogen and oxygen atoms in total. The van der Waals surface area contributed by atoms with Crippen molar-refractivity contribution in [1.29, 1.82) is 0 Å². The van der Waals surface area contributed by atoms with Crippen LogP contribution in [0.3, 0.4) is 0 Å². The molecule has 0 saturated carbocycles. The van der Waals surface area contributed by atoms with Crippen LogP contribution in [-0.2, 0) is 11.3 Å². The van der Waals surface area contributed by atoms with Crippen LogP contribution in [0.4, 0.5) is 0 Å². The quantitative estimate of drug-likeness (QED) is 0.662. The second kappa shape index (κ2) is 9.64. The maximum atomic E-state index is 5.78. The maximum Gasteiger partial charge on any atom is 0.127 e. The van der Waals surface area contributed by atoms with Gasteiger partial charge < -0.3 is 19.9 Å². The van der Waals surface area contributed by atoms with E-state index >= 15 is 0 Å². The summed E-state index contributed by atoms with van der Waals surface area (Å²) in [6.07, 6.45) is 2.96. The summed E-state index contributed by atoms with van der Waals surface area (Å²) >= 11 is 0. The van der Waals surface area contributed by atoms with Crippen LogP contribution in [0.25, 0.3) is 0 Å². The molecule has 1 rings (SSSR count). The summed E-state index contributed by atoms with van der Waals surface area (Å²) in [6.45, 7) is 4.72. The zero-order chi connectivity index (χ0) is 13.9. The smallest absolute Gasteiger partial charge is 0.127 e. The minimum absolute atomic E-state index is 0.474. The van der Waals surface area contributed by atoms with Gasteiger partial charge in [0.1, 0.15) is 11.5 Å². The molecular formula is C15H25NO3. The van der Waals surface area contributed by atoms with Gasteiger partial charge in [-0.3, -0.25) is 0 Å². The van der Waals surface area contributed by atoms with Crippen LogP contribution in [0, 0.1) is 0 Å². The molecule has 0 saturated heterocycles. The fraction of sp³-hybridized carbons (Fsp3) is 0.600. The van der Waals surface area contributed by atoms with Gasteiger partial charge in [0, 0.05) is 31.9 Å². The molecule has 0 heterocycles. The molecule has 0 amide bonds. The van der Waals surface area contributed by atoms with Crippen molar-refractivity contribution >= 4 is 0 Å². The van der Waals surface area contributed by atoms with Crippen molar-refractivity contribution in [2.75, 3.05) is 26.9 Å². The van der Waals surface area contributed by atoms with Crippen molar-refractivity contribution in [2.45, 2.75) is 32.7 Å². The van der Waals surface area contributed by atoms with Gasteiger partial charge in [-0.25, -0.2) is 0 Å². The van der Waals surface area contributed by atoms with E-state index in [0.717, 1.165) is 49.5 Å². The van der Waals surface area contributed by atoms with Gasteiger partial charge in [0.05, 0.1) is 13.2 Å². The number of hydrogen-bond acceptors (Lipinski definition) is 4. The molecule has 0 fully saturated rings. The van der Waals surface area contributed by atoms with Crippen LogP contribution < -0.4 is 15.2 Å². The minimum Gasteiger partial charge on any atom is -0.493 e. The Balaban J connectivity index is 2.52. The summed E-state index contributed by atoms with van der Waals surface area (Å²) in [5, 5.41) is 0. The van der Waals surface area contributed by atoms with Crippen LogP contribution in [0.15, 0.2) is 18.2 Å². The summed E-state index contributed by atoms with van der Waals surface area (Å²) in [4.78, 5) is 0. The summed E-state index contributed by atoms with van der Waals surface area (Å²) in [5.41, 5.74) is 6.72. The molecule has 4 heteroatoms. The van der Waals surface area contributed by atoms with Crippen molar-refractivity contribution in [3.8, 4) is 11.5 Å². The van der Waals surface area contributed by atoms with E-state index in [0.29, 0.717) is 13.2 Å². The van der Waals surface area contributed by atoms with Crippen LogP contribution in [0.2, 0.25) is 0 Å². The number of methoxy groups -OCH3 is 1. The van der Waals surface area contributed by atoms with Crippen LogP contribution in [0.5, 0.6) is 11.5 Å². The summed E-state index contributed by atoms with van der Waals surface area (Å²) in [5.74, 6) is 1.67. The lowest BCUT2D eigenvalue weighted by molar-refractivity contribution is 0.184. The molecule has 0 unspecified atom stereocenters. The Bertz CT molecular complexity index is 355. The third-order valence-electron chi connectivity index (χ3n) is 2.73. The summed E-state index contributed by atoms with van der Waals surface area (Å²) in [6, 6.07) is 5.83. The lowest BCUT2D eigenvalue weighted by atomic mass is 10.2. The molecule has 1 aromatic carbocycles. The highest BCUT2D eigenvalue weighted by molar-refractivity contribution is 5.40. The molecule has 108 valence electrons. The molecule has 0 aliphatic rings. The van der Waals surface area contributed by atoms with Gasteiger partial charge in [-0.15, -0.1) is 0 Å². The predicted octanol–water partition coefficient (Wildman–Crippen LogP) is 2.74. The average Bonchev–Trinajstić information content (AvgIpc) is 2.45. The van der Waals surface area contributed by atoms with E-state index in [4.69, 9.17) is 19.9 Å². The Labute approximate surface area is 115 Å². The standard InChI is InChI=1S/C15H25NO3/c1-3-8-18-14-7-6-13(12-16)15(11-14)19-10-5-4-9-17-2/h6-7,11H,3-5,8-10,12,16H2,1-2H3. The SMILES string of the molecule is CCCOc1ccc(CN)c(OCCCCOC)c1. The van der Waals surface area contributed by atoms with Gasteiger partial charge in [-0.2, -0.15) is 0 Å². The van der Waals surface area contributed by atoms with E-state index in [9.17, 15) is 0 Å². The maximum absolute atomic E-state index is 5.78. The van der Waals surface area contributed by atoms with E-state index < -0.39 is 0 Å². The zero-order valence-corrected chi connectivity index (χ0v) is 12.0. The second-order valence-corrected chi connectivity index (χ2v) is 4.37. The Hall–Kier alpha value is -1.26. The van der Waals surface area contributed by atoms with Crippen molar-refractivity contribution in [3.63, 3.8) is 0 Å². The third kappa shape index (κ3) is 5.94. The predicted molar refractivity (Wildman–Crippen MR) is 76.7 cm³/mol. The highest BCUT2D eigenvalue weighted by Gasteiger charge is 2.05. The van der Waals surface area contributed by atoms with Crippen LogP contribution >= 0.6 is 0 Å². The first-order valence-corrected chi connectivity index (χ1v) is 6.89. The minimum atomic E-state index is 0.474. The fourth-order valence-electron chi connectivity index (χ4n) is 1.68. The Morgan fingerprint density at radius 1 is 1.05 bits per heavy atom. The number of unbranched alkanes of at least 4 members (excludes halogenated alkanes) is 1. The van der Waals surface area contributed by atoms with Gasteiger partial charge in [-0.05, 0) is 25.3 Å². The topological polar surface area (TPSA) is 53.7 Å². The highest BCUT2D eigenvalue weighted by Crippen LogP contribution is 2.25. The van der Waals surface area contributed by atoms with Gasteiger partial charge >= 0.3 is 0 Å². The molecule has 0 aliphatic heterocycles. The number of nitrogens with two attached hydrogens (primary N) is 1. The van der Waals surface area contributed by atoms with Gasteiger partial charge in [0.25, 0.3) is 0 Å². The van der Waals surface area contributed by atoms with E-state index in [-0.39, 0.29) is 0 Å². The first-order chi connectivity index (χ1) is 9.31. The first kappa shape index (κ1) is 15.8. The first-order valence-electron chi connectivity index (χ1n) is 6.89. The number of ether oxygens (including phenoxy) is 3. The monoisotopic (exact) mass is 267 g/mol. The second-order valence-electron chi connectivity index (χ2n) is 4.37.